The zero-order valence-corrected chi connectivity index (χ0v) is 11.1. The molecule has 0 bridgehead atoms. The van der Waals surface area contributed by atoms with Crippen LogP contribution in [0.3, 0.4) is 0 Å². The first-order valence-electron chi connectivity index (χ1n) is 6.21. The first-order valence-corrected chi connectivity index (χ1v) is 6.21. The second kappa shape index (κ2) is 7.47. The van der Waals surface area contributed by atoms with Gasteiger partial charge in [0.25, 0.3) is 0 Å². The van der Waals surface area contributed by atoms with E-state index in [2.05, 4.69) is 5.32 Å². The standard InChI is InChI=1S/C13H18F3NO3/c1-2-17-6-9-3-4-12(20-8-10(19)7-18)11(5-9)13(14,15)16/h3-5,10,17-19H,2,6-8H2,1H3. The summed E-state index contributed by atoms with van der Waals surface area (Å²) >= 11 is 0. The Kier molecular flexibility index (Phi) is 6.25. The second-order valence-electron chi connectivity index (χ2n) is 4.26. The summed E-state index contributed by atoms with van der Waals surface area (Å²) in [5, 5.41) is 20.7. The van der Waals surface area contributed by atoms with E-state index in [-0.39, 0.29) is 5.75 Å². The highest BCUT2D eigenvalue weighted by Gasteiger charge is 2.34. The molecule has 1 rings (SSSR count). The Morgan fingerprint density at radius 1 is 1.35 bits per heavy atom. The van der Waals surface area contributed by atoms with Gasteiger partial charge in [0.05, 0.1) is 12.2 Å². The van der Waals surface area contributed by atoms with Crippen LogP contribution in [0, 0.1) is 0 Å². The zero-order valence-electron chi connectivity index (χ0n) is 11.1. The summed E-state index contributed by atoms with van der Waals surface area (Å²) in [6, 6.07) is 3.77. The van der Waals surface area contributed by atoms with Crippen LogP contribution in [0.4, 0.5) is 13.2 Å². The number of halogens is 3. The fourth-order valence-corrected chi connectivity index (χ4v) is 1.54. The van der Waals surface area contributed by atoms with Crippen LogP contribution >= 0.6 is 0 Å². The lowest BCUT2D eigenvalue weighted by molar-refractivity contribution is -0.139. The Balaban J connectivity index is 2.92. The topological polar surface area (TPSA) is 61.7 Å². The average molecular weight is 293 g/mol. The lowest BCUT2D eigenvalue weighted by atomic mass is 10.1. The quantitative estimate of drug-likeness (QED) is 0.714. The van der Waals surface area contributed by atoms with E-state index in [1.807, 2.05) is 6.92 Å². The van der Waals surface area contributed by atoms with E-state index in [0.717, 1.165) is 6.07 Å². The number of nitrogens with one attached hydrogen (secondary N) is 1. The molecule has 7 heteroatoms. The fourth-order valence-electron chi connectivity index (χ4n) is 1.54. The molecule has 0 aliphatic rings. The van der Waals surface area contributed by atoms with Gasteiger partial charge < -0.3 is 20.3 Å². The molecule has 0 aliphatic carbocycles. The first kappa shape index (κ1) is 16.7. The molecular weight excluding hydrogens is 275 g/mol. The van der Waals surface area contributed by atoms with Gasteiger partial charge in [-0.25, -0.2) is 0 Å². The molecular formula is C13H18F3NO3. The van der Waals surface area contributed by atoms with E-state index in [4.69, 9.17) is 14.9 Å². The summed E-state index contributed by atoms with van der Waals surface area (Å²) in [5.41, 5.74) is -0.396. The molecule has 0 aromatic heterocycles. The predicted octanol–water partition coefficient (Wildman–Crippen LogP) is 1.55. The van der Waals surface area contributed by atoms with Crippen molar-refractivity contribution in [3.63, 3.8) is 0 Å². The highest BCUT2D eigenvalue weighted by molar-refractivity contribution is 5.39. The summed E-state index contributed by atoms with van der Waals surface area (Å²) in [6.45, 7) is 1.88. The normalized spacial score (nSPS) is 13.3. The van der Waals surface area contributed by atoms with Gasteiger partial charge >= 0.3 is 6.18 Å². The largest absolute Gasteiger partial charge is 0.490 e. The molecule has 0 amide bonds. The van der Waals surface area contributed by atoms with Crippen molar-refractivity contribution in [1.82, 2.24) is 5.32 Å². The molecule has 0 fully saturated rings. The molecule has 114 valence electrons. The Morgan fingerprint density at radius 2 is 2.05 bits per heavy atom. The van der Waals surface area contributed by atoms with Crippen molar-refractivity contribution < 1.29 is 28.1 Å². The third-order valence-electron chi connectivity index (χ3n) is 2.57. The lowest BCUT2D eigenvalue weighted by Gasteiger charge is -2.16. The maximum atomic E-state index is 12.9. The minimum Gasteiger partial charge on any atom is -0.490 e. The van der Waals surface area contributed by atoms with Gasteiger partial charge in [0.15, 0.2) is 0 Å². The van der Waals surface area contributed by atoms with Gasteiger partial charge in [-0.3, -0.25) is 0 Å². The third-order valence-corrected chi connectivity index (χ3v) is 2.57. The molecule has 1 aromatic rings. The molecule has 0 saturated carbocycles. The molecule has 0 spiro atoms. The maximum absolute atomic E-state index is 12.9. The highest BCUT2D eigenvalue weighted by atomic mass is 19.4. The van der Waals surface area contributed by atoms with E-state index in [0.29, 0.717) is 18.7 Å². The van der Waals surface area contributed by atoms with Crippen LogP contribution in [-0.2, 0) is 12.7 Å². The molecule has 20 heavy (non-hydrogen) atoms. The molecule has 0 heterocycles. The minimum atomic E-state index is -4.54. The van der Waals surface area contributed by atoms with Crippen LogP contribution in [0.2, 0.25) is 0 Å². The van der Waals surface area contributed by atoms with Crippen molar-refractivity contribution in [1.29, 1.82) is 0 Å². The summed E-state index contributed by atoms with van der Waals surface area (Å²) in [6.07, 6.45) is -5.75. The Morgan fingerprint density at radius 3 is 2.60 bits per heavy atom. The van der Waals surface area contributed by atoms with E-state index >= 15 is 0 Å². The number of rotatable bonds is 7. The van der Waals surface area contributed by atoms with Crippen LogP contribution in [-0.4, -0.2) is 36.1 Å². The first-order chi connectivity index (χ1) is 9.38. The monoisotopic (exact) mass is 293 g/mol. The molecule has 4 nitrogen and oxygen atoms in total. The average Bonchev–Trinajstić information content (AvgIpc) is 2.41. The Bertz CT molecular complexity index is 424. The molecule has 1 unspecified atom stereocenters. The summed E-state index contributed by atoms with van der Waals surface area (Å²) < 4.78 is 43.8. The van der Waals surface area contributed by atoms with Crippen LogP contribution in [0.25, 0.3) is 0 Å². The van der Waals surface area contributed by atoms with Crippen molar-refractivity contribution in [2.45, 2.75) is 25.7 Å². The van der Waals surface area contributed by atoms with Crippen LogP contribution in [0.1, 0.15) is 18.1 Å². The second-order valence-corrected chi connectivity index (χ2v) is 4.26. The number of aliphatic hydroxyl groups is 2. The van der Waals surface area contributed by atoms with Crippen molar-refractivity contribution in [2.24, 2.45) is 0 Å². The van der Waals surface area contributed by atoms with Gasteiger partial charge in [-0.2, -0.15) is 13.2 Å². The third kappa shape index (κ3) is 4.99. The summed E-state index contributed by atoms with van der Waals surface area (Å²) in [5.74, 6) is -0.356. The number of aliphatic hydroxyl groups excluding tert-OH is 2. The van der Waals surface area contributed by atoms with Gasteiger partial charge in [-0.1, -0.05) is 13.0 Å². The van der Waals surface area contributed by atoms with Gasteiger partial charge in [0.2, 0.25) is 0 Å². The Hall–Kier alpha value is -1.31. The van der Waals surface area contributed by atoms with Crippen molar-refractivity contribution >= 4 is 0 Å². The number of alkyl halides is 3. The number of hydrogen-bond donors (Lipinski definition) is 3. The van der Waals surface area contributed by atoms with Crippen molar-refractivity contribution in [2.75, 3.05) is 19.8 Å². The van der Waals surface area contributed by atoms with E-state index in [1.54, 1.807) is 0 Å². The van der Waals surface area contributed by atoms with Crippen LogP contribution in [0.15, 0.2) is 18.2 Å². The summed E-state index contributed by atoms with van der Waals surface area (Å²) in [4.78, 5) is 0. The minimum absolute atomic E-state index is 0.332. The fraction of sp³-hybridized carbons (Fsp3) is 0.538. The number of benzene rings is 1. The maximum Gasteiger partial charge on any atom is 0.419 e. The summed E-state index contributed by atoms with van der Waals surface area (Å²) in [7, 11) is 0. The Labute approximate surface area is 115 Å². The van der Waals surface area contributed by atoms with Gasteiger partial charge in [-0.05, 0) is 24.2 Å². The highest BCUT2D eigenvalue weighted by Crippen LogP contribution is 2.36. The number of ether oxygens (including phenoxy) is 1. The lowest BCUT2D eigenvalue weighted by Crippen LogP contribution is -2.22. The predicted molar refractivity (Wildman–Crippen MR) is 67.4 cm³/mol. The van der Waals surface area contributed by atoms with E-state index in [9.17, 15) is 13.2 Å². The molecule has 1 aromatic carbocycles. The van der Waals surface area contributed by atoms with E-state index in [1.165, 1.54) is 12.1 Å². The molecule has 3 N–H and O–H groups in total. The van der Waals surface area contributed by atoms with E-state index < -0.39 is 31.1 Å². The molecule has 1 atom stereocenters. The van der Waals surface area contributed by atoms with Gasteiger partial charge in [0, 0.05) is 6.54 Å². The van der Waals surface area contributed by atoms with Crippen molar-refractivity contribution in [3.05, 3.63) is 29.3 Å². The van der Waals surface area contributed by atoms with Gasteiger partial charge in [-0.15, -0.1) is 0 Å². The SMILES string of the molecule is CCNCc1ccc(OCC(O)CO)c(C(F)(F)F)c1. The van der Waals surface area contributed by atoms with Crippen molar-refractivity contribution in [3.8, 4) is 5.75 Å². The molecule has 0 aliphatic heterocycles. The smallest absolute Gasteiger partial charge is 0.419 e. The van der Waals surface area contributed by atoms with Crippen LogP contribution < -0.4 is 10.1 Å². The molecule has 0 radical (unpaired) electrons. The zero-order chi connectivity index (χ0) is 15.2. The van der Waals surface area contributed by atoms with Crippen LogP contribution in [0.5, 0.6) is 5.75 Å². The number of hydrogen-bond acceptors (Lipinski definition) is 4. The molecule has 0 saturated heterocycles. The van der Waals surface area contributed by atoms with Gasteiger partial charge in [0.1, 0.15) is 18.5 Å².